The first kappa shape index (κ1) is 6.18. The third kappa shape index (κ3) is 0.496. The monoisotopic (exact) mass is 152 g/mol. The maximum atomic E-state index is 11.4. The summed E-state index contributed by atoms with van der Waals surface area (Å²) in [6.45, 7) is 0. The highest BCUT2D eigenvalue weighted by Crippen LogP contribution is 2.64. The highest BCUT2D eigenvalue weighted by Gasteiger charge is 2.77. The Morgan fingerprint density at radius 3 is 2.82 bits per heavy atom. The summed E-state index contributed by atoms with van der Waals surface area (Å²) in [4.78, 5) is 11.4. The van der Waals surface area contributed by atoms with Crippen LogP contribution in [0.3, 0.4) is 0 Å². The van der Waals surface area contributed by atoms with Crippen LogP contribution < -0.4 is 0 Å². The molecule has 11 heavy (non-hydrogen) atoms. The molecule has 3 fully saturated rings. The summed E-state index contributed by atoms with van der Waals surface area (Å²) in [5.74, 6) is 0.386. The molecule has 3 aliphatic rings. The molecule has 1 heterocycles. The summed E-state index contributed by atoms with van der Waals surface area (Å²) in [6, 6.07) is 0. The van der Waals surface area contributed by atoms with Crippen molar-refractivity contribution in [1.29, 1.82) is 0 Å². The van der Waals surface area contributed by atoms with E-state index in [1.807, 2.05) is 0 Å². The lowest BCUT2D eigenvalue weighted by Gasteiger charge is -2.15. The number of rotatable bonds is 0. The van der Waals surface area contributed by atoms with E-state index >= 15 is 0 Å². The smallest absolute Gasteiger partial charge is 0.167 e. The summed E-state index contributed by atoms with van der Waals surface area (Å²) in [5, 5.41) is 0. The lowest BCUT2D eigenvalue weighted by atomic mass is 9.81. The van der Waals surface area contributed by atoms with Crippen LogP contribution in [0, 0.1) is 0 Å². The molecule has 1 saturated heterocycles. The van der Waals surface area contributed by atoms with Gasteiger partial charge in [-0.3, -0.25) is 4.79 Å². The normalized spacial score (nSPS) is 53.6. The maximum Gasteiger partial charge on any atom is 0.167 e. The number of carbonyl (C=O) groups excluding carboxylic acids is 1. The third-order valence-electron chi connectivity index (χ3n) is 3.63. The van der Waals surface area contributed by atoms with Crippen LogP contribution in [0.5, 0.6) is 0 Å². The van der Waals surface area contributed by atoms with E-state index in [0.29, 0.717) is 5.78 Å². The van der Waals surface area contributed by atoms with Gasteiger partial charge < -0.3 is 4.74 Å². The number of hydrogen-bond acceptors (Lipinski definition) is 2. The van der Waals surface area contributed by atoms with Gasteiger partial charge in [-0.1, -0.05) is 6.42 Å². The minimum atomic E-state index is -0.245. The van der Waals surface area contributed by atoms with Crippen LogP contribution in [-0.4, -0.2) is 17.0 Å². The lowest BCUT2D eigenvalue weighted by molar-refractivity contribution is -0.123. The molecular formula is C9H12O2. The average Bonchev–Trinajstić information content (AvgIpc) is 2.63. The SMILES string of the molecule is O=C1CCC23CCCCC12O3. The van der Waals surface area contributed by atoms with Crippen LogP contribution in [0.1, 0.15) is 38.5 Å². The van der Waals surface area contributed by atoms with Gasteiger partial charge in [-0.15, -0.1) is 0 Å². The molecule has 0 aromatic carbocycles. The molecule has 0 amide bonds. The summed E-state index contributed by atoms with van der Waals surface area (Å²) in [5.41, 5.74) is -0.187. The second-order valence-corrected chi connectivity index (χ2v) is 4.05. The molecule has 2 heteroatoms. The molecule has 0 aromatic rings. The first-order chi connectivity index (χ1) is 5.29. The molecule has 3 rings (SSSR count). The quantitative estimate of drug-likeness (QED) is 0.491. The minimum Gasteiger partial charge on any atom is -0.354 e. The number of carbonyl (C=O) groups is 1. The fourth-order valence-corrected chi connectivity index (χ4v) is 2.97. The molecule has 60 valence electrons. The van der Waals surface area contributed by atoms with Crippen molar-refractivity contribution in [1.82, 2.24) is 0 Å². The van der Waals surface area contributed by atoms with Crippen molar-refractivity contribution < 1.29 is 9.53 Å². The Balaban J connectivity index is 2.02. The highest BCUT2D eigenvalue weighted by molar-refractivity contribution is 5.95. The molecule has 0 radical (unpaired) electrons. The predicted molar refractivity (Wildman–Crippen MR) is 39.3 cm³/mol. The number of Topliss-reactive ketones (excluding diaryl/α,β-unsaturated/α-hetero) is 1. The van der Waals surface area contributed by atoms with Crippen molar-refractivity contribution in [2.24, 2.45) is 0 Å². The zero-order valence-corrected chi connectivity index (χ0v) is 6.56. The van der Waals surface area contributed by atoms with E-state index < -0.39 is 0 Å². The van der Waals surface area contributed by atoms with Crippen molar-refractivity contribution in [3.05, 3.63) is 0 Å². The van der Waals surface area contributed by atoms with E-state index in [1.165, 1.54) is 12.8 Å². The Morgan fingerprint density at radius 2 is 2.00 bits per heavy atom. The van der Waals surface area contributed by atoms with Crippen molar-refractivity contribution >= 4 is 5.78 Å². The summed E-state index contributed by atoms with van der Waals surface area (Å²) >= 11 is 0. The molecule has 1 aliphatic heterocycles. The first-order valence-electron chi connectivity index (χ1n) is 4.53. The molecule has 2 saturated carbocycles. The van der Waals surface area contributed by atoms with Gasteiger partial charge >= 0.3 is 0 Å². The van der Waals surface area contributed by atoms with E-state index in [9.17, 15) is 4.79 Å². The van der Waals surface area contributed by atoms with E-state index in [0.717, 1.165) is 25.7 Å². The Bertz CT molecular complexity index is 232. The van der Waals surface area contributed by atoms with Crippen molar-refractivity contribution in [2.45, 2.75) is 49.7 Å². The highest BCUT2D eigenvalue weighted by atomic mass is 16.6. The predicted octanol–water partition coefficient (Wildman–Crippen LogP) is 1.43. The zero-order chi connectivity index (χ0) is 7.53. The Kier molecular flexibility index (Phi) is 0.861. The van der Waals surface area contributed by atoms with E-state index in [-0.39, 0.29) is 11.2 Å². The van der Waals surface area contributed by atoms with Crippen molar-refractivity contribution in [3.63, 3.8) is 0 Å². The van der Waals surface area contributed by atoms with Gasteiger partial charge in [0.25, 0.3) is 0 Å². The molecule has 0 aromatic heterocycles. The number of hydrogen-bond donors (Lipinski definition) is 0. The van der Waals surface area contributed by atoms with Gasteiger partial charge in [0, 0.05) is 6.42 Å². The number of ether oxygens (including phenoxy) is 1. The minimum absolute atomic E-state index is 0.0579. The largest absolute Gasteiger partial charge is 0.354 e. The Morgan fingerprint density at radius 1 is 1.18 bits per heavy atom. The molecule has 2 unspecified atom stereocenters. The van der Waals surface area contributed by atoms with Gasteiger partial charge in [0.2, 0.25) is 0 Å². The molecule has 2 nitrogen and oxygen atoms in total. The third-order valence-corrected chi connectivity index (χ3v) is 3.63. The zero-order valence-electron chi connectivity index (χ0n) is 6.56. The Labute approximate surface area is 65.9 Å². The van der Waals surface area contributed by atoms with Crippen LogP contribution in [0.25, 0.3) is 0 Å². The van der Waals surface area contributed by atoms with Crippen LogP contribution in [0.15, 0.2) is 0 Å². The first-order valence-corrected chi connectivity index (χ1v) is 4.53. The molecule has 2 aliphatic carbocycles. The second-order valence-electron chi connectivity index (χ2n) is 4.05. The Hall–Kier alpha value is -0.370. The van der Waals surface area contributed by atoms with Gasteiger partial charge in [-0.05, 0) is 25.7 Å². The summed E-state index contributed by atoms with van der Waals surface area (Å²) < 4.78 is 5.65. The molecule has 0 spiro atoms. The second kappa shape index (κ2) is 1.53. The fraction of sp³-hybridized carbons (Fsp3) is 0.889. The van der Waals surface area contributed by atoms with Gasteiger partial charge in [-0.2, -0.15) is 0 Å². The number of ketones is 1. The van der Waals surface area contributed by atoms with Crippen LogP contribution in [-0.2, 0) is 9.53 Å². The maximum absolute atomic E-state index is 11.4. The molecular weight excluding hydrogens is 140 g/mol. The van der Waals surface area contributed by atoms with Crippen LogP contribution >= 0.6 is 0 Å². The van der Waals surface area contributed by atoms with Crippen LogP contribution in [0.2, 0.25) is 0 Å². The van der Waals surface area contributed by atoms with Gasteiger partial charge in [0.1, 0.15) is 5.60 Å². The van der Waals surface area contributed by atoms with E-state index in [2.05, 4.69) is 0 Å². The fourth-order valence-electron chi connectivity index (χ4n) is 2.97. The van der Waals surface area contributed by atoms with Gasteiger partial charge in [0.05, 0.1) is 0 Å². The van der Waals surface area contributed by atoms with E-state index in [4.69, 9.17) is 4.74 Å². The standard InChI is InChI=1S/C9H12O2/c10-7-3-6-8-4-1-2-5-9(7,8)11-8/h1-6H2. The molecule has 0 bridgehead atoms. The average molecular weight is 152 g/mol. The van der Waals surface area contributed by atoms with Crippen molar-refractivity contribution in [3.8, 4) is 0 Å². The lowest BCUT2D eigenvalue weighted by Crippen LogP contribution is -2.29. The molecule has 2 atom stereocenters. The number of epoxide rings is 1. The van der Waals surface area contributed by atoms with Crippen molar-refractivity contribution in [2.75, 3.05) is 0 Å². The van der Waals surface area contributed by atoms with Gasteiger partial charge in [0.15, 0.2) is 11.4 Å². The summed E-state index contributed by atoms with van der Waals surface area (Å²) in [6.07, 6.45) is 6.37. The van der Waals surface area contributed by atoms with E-state index in [1.54, 1.807) is 0 Å². The van der Waals surface area contributed by atoms with Gasteiger partial charge in [-0.25, -0.2) is 0 Å². The topological polar surface area (TPSA) is 29.6 Å². The summed E-state index contributed by atoms with van der Waals surface area (Å²) in [7, 11) is 0. The molecule has 0 N–H and O–H groups in total. The van der Waals surface area contributed by atoms with Crippen LogP contribution in [0.4, 0.5) is 0 Å².